The molecule has 0 saturated heterocycles. The molecule has 0 bridgehead atoms. The molecule has 2 N–H and O–H groups in total. The molecular formula is C13H16N4O2S. The molecule has 0 aliphatic rings. The largest absolute Gasteiger partial charge is 0.279 e. The summed E-state index contributed by atoms with van der Waals surface area (Å²) < 4.78 is 1.77. The highest BCUT2D eigenvalue weighted by Gasteiger charge is 2.09. The molecule has 0 radical (unpaired) electrons. The highest BCUT2D eigenvalue weighted by molar-refractivity contribution is 7.12. The van der Waals surface area contributed by atoms with E-state index in [1.165, 1.54) is 11.3 Å². The zero-order valence-electron chi connectivity index (χ0n) is 11.3. The Morgan fingerprint density at radius 2 is 2.15 bits per heavy atom. The third-order valence-corrected chi connectivity index (χ3v) is 3.58. The van der Waals surface area contributed by atoms with Gasteiger partial charge in [-0.2, -0.15) is 5.10 Å². The Morgan fingerprint density at radius 3 is 2.75 bits per heavy atom. The molecule has 6 nitrogen and oxygen atoms in total. The fourth-order valence-electron chi connectivity index (χ4n) is 1.77. The Bertz CT molecular complexity index is 604. The van der Waals surface area contributed by atoms with Gasteiger partial charge in [0, 0.05) is 12.1 Å². The molecule has 2 heterocycles. The van der Waals surface area contributed by atoms with E-state index in [1.54, 1.807) is 22.2 Å². The van der Waals surface area contributed by atoms with Crippen LogP contribution in [0.2, 0.25) is 0 Å². The third kappa shape index (κ3) is 3.67. The van der Waals surface area contributed by atoms with Crippen LogP contribution in [0.1, 0.15) is 27.5 Å². The van der Waals surface area contributed by atoms with E-state index in [9.17, 15) is 9.59 Å². The number of aryl methyl sites for hydroxylation is 3. The molecule has 0 aliphatic carbocycles. The molecule has 106 valence electrons. The van der Waals surface area contributed by atoms with E-state index in [1.807, 2.05) is 19.9 Å². The van der Waals surface area contributed by atoms with Crippen LogP contribution in [-0.2, 0) is 11.3 Å². The number of carbonyl (C=O) groups is 2. The number of thiophene rings is 1. The van der Waals surface area contributed by atoms with Crippen LogP contribution >= 0.6 is 11.3 Å². The van der Waals surface area contributed by atoms with E-state index in [4.69, 9.17) is 0 Å². The predicted octanol–water partition coefficient (Wildman–Crippen LogP) is 1.41. The SMILES string of the molecule is Cc1cc(C)n(CCC(=O)NNC(=O)c2cccs2)n1. The lowest BCUT2D eigenvalue weighted by Crippen LogP contribution is -2.41. The fraction of sp³-hybridized carbons (Fsp3) is 0.308. The maximum absolute atomic E-state index is 11.6. The van der Waals surface area contributed by atoms with Crippen molar-refractivity contribution in [1.82, 2.24) is 20.6 Å². The fourth-order valence-corrected chi connectivity index (χ4v) is 2.39. The lowest BCUT2D eigenvalue weighted by molar-refractivity contribution is -0.122. The number of carbonyl (C=O) groups excluding carboxylic acids is 2. The van der Waals surface area contributed by atoms with Gasteiger partial charge in [-0.1, -0.05) is 6.07 Å². The standard InChI is InChI=1S/C13H16N4O2S/c1-9-8-10(2)17(16-9)6-5-12(18)14-15-13(19)11-4-3-7-20-11/h3-4,7-8H,5-6H2,1-2H3,(H,14,18)(H,15,19). The van der Waals surface area contributed by atoms with Crippen molar-refractivity contribution in [1.29, 1.82) is 0 Å². The second-order valence-electron chi connectivity index (χ2n) is 4.38. The van der Waals surface area contributed by atoms with Crippen molar-refractivity contribution in [2.75, 3.05) is 0 Å². The molecule has 0 aliphatic heterocycles. The van der Waals surface area contributed by atoms with Gasteiger partial charge in [-0.3, -0.25) is 25.1 Å². The van der Waals surface area contributed by atoms with Gasteiger partial charge in [0.05, 0.1) is 17.1 Å². The first-order valence-electron chi connectivity index (χ1n) is 6.20. The van der Waals surface area contributed by atoms with Gasteiger partial charge in [-0.15, -0.1) is 11.3 Å². The van der Waals surface area contributed by atoms with Crippen LogP contribution in [0.3, 0.4) is 0 Å². The number of hydrazine groups is 1. The molecule has 2 amide bonds. The Kier molecular flexibility index (Phi) is 4.52. The van der Waals surface area contributed by atoms with Crippen molar-refractivity contribution < 1.29 is 9.59 Å². The summed E-state index contributed by atoms with van der Waals surface area (Å²) in [5, 5.41) is 6.07. The van der Waals surface area contributed by atoms with Crippen molar-refractivity contribution in [3.63, 3.8) is 0 Å². The monoisotopic (exact) mass is 292 g/mol. The number of rotatable bonds is 4. The van der Waals surface area contributed by atoms with E-state index in [0.717, 1.165) is 11.4 Å². The van der Waals surface area contributed by atoms with Crippen molar-refractivity contribution in [2.45, 2.75) is 26.8 Å². The first kappa shape index (κ1) is 14.3. The Labute approximate surface area is 120 Å². The summed E-state index contributed by atoms with van der Waals surface area (Å²) in [6.07, 6.45) is 0.257. The van der Waals surface area contributed by atoms with E-state index in [-0.39, 0.29) is 18.2 Å². The lowest BCUT2D eigenvalue weighted by atomic mass is 10.4. The molecule has 20 heavy (non-hydrogen) atoms. The molecule has 0 aromatic carbocycles. The highest BCUT2D eigenvalue weighted by atomic mass is 32.1. The van der Waals surface area contributed by atoms with Crippen molar-refractivity contribution in [3.05, 3.63) is 39.8 Å². The smallest absolute Gasteiger partial charge is 0.273 e. The molecule has 0 fully saturated rings. The summed E-state index contributed by atoms with van der Waals surface area (Å²) in [4.78, 5) is 23.8. The van der Waals surface area contributed by atoms with Crippen molar-refractivity contribution >= 4 is 23.2 Å². The molecule has 2 aromatic rings. The highest BCUT2D eigenvalue weighted by Crippen LogP contribution is 2.07. The topological polar surface area (TPSA) is 76.0 Å². The summed E-state index contributed by atoms with van der Waals surface area (Å²) in [5.41, 5.74) is 6.71. The first-order chi connectivity index (χ1) is 9.56. The number of amides is 2. The Hall–Kier alpha value is -2.15. The van der Waals surface area contributed by atoms with Crippen LogP contribution < -0.4 is 10.9 Å². The minimum atomic E-state index is -0.306. The molecule has 0 atom stereocenters. The number of hydrogen-bond acceptors (Lipinski definition) is 4. The zero-order chi connectivity index (χ0) is 14.5. The number of nitrogens with zero attached hydrogens (tertiary/aromatic N) is 2. The van der Waals surface area contributed by atoms with Crippen molar-refractivity contribution in [2.24, 2.45) is 0 Å². The number of aromatic nitrogens is 2. The van der Waals surface area contributed by atoms with Crippen LogP contribution in [0.5, 0.6) is 0 Å². The quantitative estimate of drug-likeness (QED) is 0.837. The van der Waals surface area contributed by atoms with Gasteiger partial charge in [0.1, 0.15) is 0 Å². The van der Waals surface area contributed by atoms with Crippen molar-refractivity contribution in [3.8, 4) is 0 Å². The van der Waals surface area contributed by atoms with Gasteiger partial charge in [-0.25, -0.2) is 0 Å². The van der Waals surface area contributed by atoms with Gasteiger partial charge in [0.2, 0.25) is 5.91 Å². The summed E-state index contributed by atoms with van der Waals surface area (Å²) in [6, 6.07) is 5.43. The summed E-state index contributed by atoms with van der Waals surface area (Å²) >= 11 is 1.32. The molecular weight excluding hydrogens is 276 g/mol. The van der Waals surface area contributed by atoms with Crippen LogP contribution in [-0.4, -0.2) is 21.6 Å². The van der Waals surface area contributed by atoms with Gasteiger partial charge in [0.25, 0.3) is 5.91 Å². The maximum atomic E-state index is 11.6. The number of hydrogen-bond donors (Lipinski definition) is 2. The lowest BCUT2D eigenvalue weighted by Gasteiger charge is -2.07. The van der Waals surface area contributed by atoms with Crippen LogP contribution in [0.25, 0.3) is 0 Å². The first-order valence-corrected chi connectivity index (χ1v) is 7.08. The normalized spacial score (nSPS) is 10.3. The average Bonchev–Trinajstić information content (AvgIpc) is 3.03. The predicted molar refractivity (Wildman–Crippen MR) is 76.2 cm³/mol. The maximum Gasteiger partial charge on any atom is 0.279 e. The van der Waals surface area contributed by atoms with E-state index in [0.29, 0.717) is 11.4 Å². The van der Waals surface area contributed by atoms with Gasteiger partial charge < -0.3 is 0 Å². The summed E-state index contributed by atoms with van der Waals surface area (Å²) in [6.45, 7) is 4.33. The molecule has 2 aromatic heterocycles. The minimum Gasteiger partial charge on any atom is -0.273 e. The van der Waals surface area contributed by atoms with E-state index < -0.39 is 0 Å². The summed E-state index contributed by atoms with van der Waals surface area (Å²) in [7, 11) is 0. The molecule has 7 heteroatoms. The van der Waals surface area contributed by atoms with Gasteiger partial charge in [-0.05, 0) is 31.4 Å². The second-order valence-corrected chi connectivity index (χ2v) is 5.33. The minimum absolute atomic E-state index is 0.248. The second kappa shape index (κ2) is 6.33. The van der Waals surface area contributed by atoms with Gasteiger partial charge >= 0.3 is 0 Å². The molecule has 2 rings (SSSR count). The van der Waals surface area contributed by atoms with Crippen LogP contribution in [0, 0.1) is 13.8 Å². The Balaban J connectivity index is 1.76. The Morgan fingerprint density at radius 1 is 1.35 bits per heavy atom. The van der Waals surface area contributed by atoms with E-state index >= 15 is 0 Å². The van der Waals surface area contributed by atoms with Crippen LogP contribution in [0.4, 0.5) is 0 Å². The van der Waals surface area contributed by atoms with Crippen LogP contribution in [0.15, 0.2) is 23.6 Å². The molecule has 0 spiro atoms. The molecule has 0 unspecified atom stereocenters. The molecule has 0 saturated carbocycles. The van der Waals surface area contributed by atoms with Gasteiger partial charge in [0.15, 0.2) is 0 Å². The zero-order valence-corrected chi connectivity index (χ0v) is 12.2. The number of nitrogens with one attached hydrogen (secondary N) is 2. The third-order valence-electron chi connectivity index (χ3n) is 2.71. The summed E-state index contributed by atoms with van der Waals surface area (Å²) in [5.74, 6) is -0.554. The van der Waals surface area contributed by atoms with E-state index in [2.05, 4.69) is 16.0 Å². The average molecular weight is 292 g/mol.